The molecule has 0 saturated carbocycles. The minimum atomic E-state index is -0.386. The highest BCUT2D eigenvalue weighted by molar-refractivity contribution is 7.14. The van der Waals surface area contributed by atoms with Crippen LogP contribution < -0.4 is 11.3 Å². The number of nitrogens with one attached hydrogen (secondary N) is 1. The van der Waals surface area contributed by atoms with Gasteiger partial charge in [-0.05, 0) is 0 Å². The molecule has 5 nitrogen and oxygen atoms in total. The van der Waals surface area contributed by atoms with E-state index in [1.807, 2.05) is 10.8 Å². The van der Waals surface area contributed by atoms with E-state index in [0.29, 0.717) is 5.69 Å². The van der Waals surface area contributed by atoms with Gasteiger partial charge >= 0.3 is 0 Å². The fraction of sp³-hybridized carbons (Fsp3) is 0. The Morgan fingerprint density at radius 1 is 1.50 bits per heavy atom. The lowest BCUT2D eigenvalue weighted by atomic mass is 10.4. The van der Waals surface area contributed by atoms with Crippen LogP contribution in [0.15, 0.2) is 16.3 Å². The number of nitrogens with two attached hydrogens (primary N) is 1. The van der Waals surface area contributed by atoms with Crippen molar-refractivity contribution in [3.8, 4) is 10.7 Å². The summed E-state index contributed by atoms with van der Waals surface area (Å²) < 4.78 is 0. The Balaban J connectivity index is 2.31. The number of amides is 1. The summed E-state index contributed by atoms with van der Waals surface area (Å²) in [5.74, 6) is 4.60. The molecular weight excluding hydrogens is 220 g/mol. The van der Waals surface area contributed by atoms with Crippen molar-refractivity contribution in [2.45, 2.75) is 0 Å². The molecule has 0 radical (unpaired) electrons. The Hall–Kier alpha value is -1.31. The van der Waals surface area contributed by atoms with Gasteiger partial charge in [-0.2, -0.15) is 0 Å². The Morgan fingerprint density at radius 2 is 2.36 bits per heavy atom. The standard InChI is InChI=1S/C7H6N4OS2/c8-11-6(12)4-2-14-7(10-4)5-1-13-3-9-5/h1-3H,8H2,(H,11,12). The molecule has 0 aromatic carbocycles. The first-order valence-corrected chi connectivity index (χ1v) is 5.48. The fourth-order valence-corrected chi connectivity index (χ4v) is 2.27. The lowest BCUT2D eigenvalue weighted by molar-refractivity contribution is 0.0949. The summed E-state index contributed by atoms with van der Waals surface area (Å²) in [5, 5.41) is 4.25. The smallest absolute Gasteiger partial charge is 0.284 e. The molecule has 2 heterocycles. The lowest BCUT2D eigenvalue weighted by Gasteiger charge is -1.91. The summed E-state index contributed by atoms with van der Waals surface area (Å²) in [7, 11) is 0. The molecule has 0 fully saturated rings. The third-order valence-corrected chi connectivity index (χ3v) is 2.97. The molecule has 0 aliphatic rings. The Labute approximate surface area is 87.6 Å². The van der Waals surface area contributed by atoms with E-state index in [-0.39, 0.29) is 5.91 Å². The molecule has 0 aliphatic heterocycles. The first-order valence-electron chi connectivity index (χ1n) is 3.66. The van der Waals surface area contributed by atoms with Crippen LogP contribution in [0.3, 0.4) is 0 Å². The van der Waals surface area contributed by atoms with Crippen LogP contribution in [-0.2, 0) is 0 Å². The van der Waals surface area contributed by atoms with E-state index in [2.05, 4.69) is 9.97 Å². The van der Waals surface area contributed by atoms with Crippen LogP contribution in [0.25, 0.3) is 10.7 Å². The van der Waals surface area contributed by atoms with Crippen LogP contribution in [0.5, 0.6) is 0 Å². The SMILES string of the molecule is NNC(=O)c1csc(-c2cscn2)n1. The van der Waals surface area contributed by atoms with E-state index in [0.717, 1.165) is 10.7 Å². The van der Waals surface area contributed by atoms with Crippen molar-refractivity contribution < 1.29 is 4.79 Å². The van der Waals surface area contributed by atoms with Gasteiger partial charge in [-0.25, -0.2) is 15.8 Å². The normalized spacial score (nSPS) is 10.1. The Morgan fingerprint density at radius 3 is 3.00 bits per heavy atom. The molecule has 0 bridgehead atoms. The molecule has 14 heavy (non-hydrogen) atoms. The maximum absolute atomic E-state index is 11.1. The van der Waals surface area contributed by atoms with Gasteiger partial charge in [0.25, 0.3) is 5.91 Å². The number of nitrogen functional groups attached to an aromatic ring is 1. The Bertz CT molecular complexity index is 436. The molecule has 0 unspecified atom stereocenters. The number of aromatic nitrogens is 2. The lowest BCUT2D eigenvalue weighted by Crippen LogP contribution is -2.30. The van der Waals surface area contributed by atoms with Crippen molar-refractivity contribution in [2.75, 3.05) is 0 Å². The second-order valence-corrected chi connectivity index (χ2v) is 3.96. The number of hydrogen-bond donors (Lipinski definition) is 2. The number of rotatable bonds is 2. The van der Waals surface area contributed by atoms with Crippen LogP contribution in [0.2, 0.25) is 0 Å². The van der Waals surface area contributed by atoms with E-state index in [1.165, 1.54) is 22.7 Å². The average Bonchev–Trinajstić information content (AvgIpc) is 2.86. The quantitative estimate of drug-likeness (QED) is 0.452. The first kappa shape index (κ1) is 9.25. The number of carbonyl (C=O) groups is 1. The minimum Gasteiger partial charge on any atom is -0.289 e. The zero-order valence-corrected chi connectivity index (χ0v) is 8.56. The van der Waals surface area contributed by atoms with Crippen molar-refractivity contribution in [3.63, 3.8) is 0 Å². The molecule has 2 aromatic heterocycles. The number of carbonyl (C=O) groups excluding carboxylic acids is 1. The second kappa shape index (κ2) is 3.82. The molecule has 0 atom stereocenters. The first-order chi connectivity index (χ1) is 6.81. The van der Waals surface area contributed by atoms with Crippen molar-refractivity contribution in [1.82, 2.24) is 15.4 Å². The van der Waals surface area contributed by atoms with Gasteiger partial charge in [-0.15, -0.1) is 22.7 Å². The summed E-state index contributed by atoms with van der Waals surface area (Å²) in [6, 6.07) is 0. The molecule has 2 rings (SSSR count). The molecule has 0 saturated heterocycles. The van der Waals surface area contributed by atoms with Gasteiger partial charge in [0.05, 0.1) is 5.51 Å². The van der Waals surface area contributed by atoms with Gasteiger partial charge < -0.3 is 0 Å². The molecule has 7 heteroatoms. The van der Waals surface area contributed by atoms with E-state index in [9.17, 15) is 4.79 Å². The third kappa shape index (κ3) is 1.65. The predicted molar refractivity (Wildman–Crippen MR) is 54.9 cm³/mol. The third-order valence-electron chi connectivity index (χ3n) is 1.52. The van der Waals surface area contributed by atoms with Gasteiger partial charge in [0.15, 0.2) is 0 Å². The summed E-state index contributed by atoms with van der Waals surface area (Å²) in [6.45, 7) is 0. The second-order valence-electron chi connectivity index (χ2n) is 2.39. The number of nitrogens with zero attached hydrogens (tertiary/aromatic N) is 2. The van der Waals surface area contributed by atoms with E-state index < -0.39 is 0 Å². The predicted octanol–water partition coefficient (Wildman–Crippen LogP) is 0.870. The largest absolute Gasteiger partial charge is 0.289 e. The van der Waals surface area contributed by atoms with Gasteiger partial charge in [-0.1, -0.05) is 0 Å². The van der Waals surface area contributed by atoms with Gasteiger partial charge in [-0.3, -0.25) is 10.2 Å². The van der Waals surface area contributed by atoms with E-state index in [1.54, 1.807) is 10.9 Å². The van der Waals surface area contributed by atoms with Crippen molar-refractivity contribution in [2.24, 2.45) is 5.84 Å². The molecule has 2 aromatic rings. The molecule has 0 aliphatic carbocycles. The molecule has 72 valence electrons. The molecular formula is C7H6N4OS2. The highest BCUT2D eigenvalue weighted by Gasteiger charge is 2.10. The number of thiazole rings is 2. The van der Waals surface area contributed by atoms with Gasteiger partial charge in [0.2, 0.25) is 0 Å². The summed E-state index contributed by atoms with van der Waals surface area (Å²) in [4.78, 5) is 19.3. The number of hydrazine groups is 1. The van der Waals surface area contributed by atoms with Crippen LogP contribution in [-0.4, -0.2) is 15.9 Å². The highest BCUT2D eigenvalue weighted by Crippen LogP contribution is 2.22. The molecule has 1 amide bonds. The number of hydrogen-bond acceptors (Lipinski definition) is 6. The van der Waals surface area contributed by atoms with Crippen LogP contribution in [0, 0.1) is 0 Å². The van der Waals surface area contributed by atoms with E-state index in [4.69, 9.17) is 5.84 Å². The van der Waals surface area contributed by atoms with E-state index >= 15 is 0 Å². The van der Waals surface area contributed by atoms with Gasteiger partial charge in [0.1, 0.15) is 16.4 Å². The highest BCUT2D eigenvalue weighted by atomic mass is 32.1. The van der Waals surface area contributed by atoms with Crippen LogP contribution >= 0.6 is 22.7 Å². The maximum atomic E-state index is 11.1. The fourth-order valence-electron chi connectivity index (χ4n) is 0.888. The van der Waals surface area contributed by atoms with Gasteiger partial charge in [0, 0.05) is 10.8 Å². The molecule has 3 N–H and O–H groups in total. The zero-order chi connectivity index (χ0) is 9.97. The van der Waals surface area contributed by atoms with Crippen LogP contribution in [0.1, 0.15) is 10.5 Å². The van der Waals surface area contributed by atoms with Crippen LogP contribution in [0.4, 0.5) is 0 Å². The van der Waals surface area contributed by atoms with Crippen molar-refractivity contribution in [1.29, 1.82) is 0 Å². The summed E-state index contributed by atoms with van der Waals surface area (Å²) in [6.07, 6.45) is 0. The monoisotopic (exact) mass is 226 g/mol. The zero-order valence-electron chi connectivity index (χ0n) is 6.93. The minimum absolute atomic E-state index is 0.320. The van der Waals surface area contributed by atoms with Crippen molar-refractivity contribution in [3.05, 3.63) is 22.0 Å². The maximum Gasteiger partial charge on any atom is 0.284 e. The average molecular weight is 226 g/mol. The summed E-state index contributed by atoms with van der Waals surface area (Å²) >= 11 is 2.86. The topological polar surface area (TPSA) is 80.9 Å². The van der Waals surface area contributed by atoms with Crippen molar-refractivity contribution >= 4 is 28.6 Å². The summed E-state index contributed by atoms with van der Waals surface area (Å²) in [5.41, 5.74) is 4.86. The molecule has 0 spiro atoms. The Kier molecular flexibility index (Phi) is 2.53.